The molecule has 0 N–H and O–H groups in total. The van der Waals surface area contributed by atoms with Crippen LogP contribution in [0.1, 0.15) is 16.8 Å². The highest BCUT2D eigenvalue weighted by Gasteiger charge is 2.18. The molecule has 0 aromatic carbocycles. The van der Waals surface area contributed by atoms with Gasteiger partial charge in [0.25, 0.3) is 5.91 Å². The number of methoxy groups -OCH3 is 1. The molecular formula is C14H22FN3O2. The molecule has 6 heteroatoms. The van der Waals surface area contributed by atoms with Gasteiger partial charge in [0.15, 0.2) is 5.82 Å². The van der Waals surface area contributed by atoms with Crippen molar-refractivity contribution in [1.82, 2.24) is 14.8 Å². The van der Waals surface area contributed by atoms with E-state index in [1.54, 1.807) is 12.0 Å². The van der Waals surface area contributed by atoms with E-state index in [9.17, 15) is 9.18 Å². The minimum absolute atomic E-state index is 0.0564. The third-order valence-electron chi connectivity index (χ3n) is 2.89. The summed E-state index contributed by atoms with van der Waals surface area (Å²) in [6.45, 7) is 2.32. The first kappa shape index (κ1) is 16.5. The second kappa shape index (κ2) is 8.60. The van der Waals surface area contributed by atoms with Crippen LogP contribution in [0.2, 0.25) is 0 Å². The molecule has 0 bridgehead atoms. The number of carbonyl (C=O) groups excluding carboxylic acids is 1. The lowest BCUT2D eigenvalue weighted by atomic mass is 10.2. The average Bonchev–Trinajstić information content (AvgIpc) is 2.42. The van der Waals surface area contributed by atoms with Crippen LogP contribution in [-0.2, 0) is 4.74 Å². The van der Waals surface area contributed by atoms with E-state index < -0.39 is 5.82 Å². The summed E-state index contributed by atoms with van der Waals surface area (Å²) in [6, 6.07) is 1.41. The summed E-state index contributed by atoms with van der Waals surface area (Å²) in [5.74, 6) is -0.909. The summed E-state index contributed by atoms with van der Waals surface area (Å²) in [5, 5.41) is 0. The van der Waals surface area contributed by atoms with Crippen molar-refractivity contribution in [3.05, 3.63) is 29.8 Å². The first-order valence-corrected chi connectivity index (χ1v) is 6.58. The van der Waals surface area contributed by atoms with Crippen molar-refractivity contribution in [1.29, 1.82) is 0 Å². The van der Waals surface area contributed by atoms with Gasteiger partial charge in [-0.2, -0.15) is 0 Å². The van der Waals surface area contributed by atoms with Crippen LogP contribution in [0.3, 0.4) is 0 Å². The van der Waals surface area contributed by atoms with Crippen molar-refractivity contribution >= 4 is 5.91 Å². The third kappa shape index (κ3) is 5.22. The van der Waals surface area contributed by atoms with Crippen LogP contribution in [-0.4, -0.2) is 68.1 Å². The molecule has 0 saturated heterocycles. The lowest BCUT2D eigenvalue weighted by molar-refractivity contribution is 0.0684. The number of aromatic nitrogens is 1. The standard InChI is InChI=1S/C14H22FN3O2/c1-17(2)7-4-8-18(9-10-20-3)14(19)12-5-6-16-11-13(12)15/h5-6,11H,4,7-10H2,1-3H3. The maximum Gasteiger partial charge on any atom is 0.257 e. The first-order valence-electron chi connectivity index (χ1n) is 6.58. The van der Waals surface area contributed by atoms with Crippen molar-refractivity contribution in [3.8, 4) is 0 Å². The van der Waals surface area contributed by atoms with Crippen LogP contribution in [0.25, 0.3) is 0 Å². The number of ether oxygens (including phenoxy) is 1. The summed E-state index contributed by atoms with van der Waals surface area (Å²) in [5.41, 5.74) is 0.0564. The quantitative estimate of drug-likeness (QED) is 0.720. The van der Waals surface area contributed by atoms with Crippen molar-refractivity contribution in [3.63, 3.8) is 0 Å². The maximum absolute atomic E-state index is 13.6. The summed E-state index contributed by atoms with van der Waals surface area (Å²) in [4.78, 5) is 19.7. The van der Waals surface area contributed by atoms with E-state index in [1.165, 1.54) is 12.3 Å². The zero-order chi connectivity index (χ0) is 15.0. The molecule has 0 aliphatic carbocycles. The minimum Gasteiger partial charge on any atom is -0.383 e. The number of hydrogen-bond acceptors (Lipinski definition) is 4. The van der Waals surface area contributed by atoms with Gasteiger partial charge in [-0.3, -0.25) is 9.78 Å². The fourth-order valence-electron chi connectivity index (χ4n) is 1.81. The molecule has 5 nitrogen and oxygen atoms in total. The number of hydrogen-bond donors (Lipinski definition) is 0. The Hall–Kier alpha value is -1.53. The van der Waals surface area contributed by atoms with Crippen molar-refractivity contribution < 1.29 is 13.9 Å². The second-order valence-corrected chi connectivity index (χ2v) is 4.80. The van der Waals surface area contributed by atoms with Gasteiger partial charge < -0.3 is 14.5 Å². The van der Waals surface area contributed by atoms with E-state index in [4.69, 9.17) is 4.74 Å². The Morgan fingerprint density at radius 1 is 1.35 bits per heavy atom. The molecule has 1 rings (SSSR count). The predicted molar refractivity (Wildman–Crippen MR) is 75.1 cm³/mol. The van der Waals surface area contributed by atoms with E-state index in [0.29, 0.717) is 19.7 Å². The number of amides is 1. The molecular weight excluding hydrogens is 261 g/mol. The van der Waals surface area contributed by atoms with Gasteiger partial charge >= 0.3 is 0 Å². The van der Waals surface area contributed by atoms with Crippen LogP contribution in [0.5, 0.6) is 0 Å². The minimum atomic E-state index is -0.590. The molecule has 0 aliphatic rings. The molecule has 1 amide bonds. The van der Waals surface area contributed by atoms with Crippen molar-refractivity contribution in [2.24, 2.45) is 0 Å². The fourth-order valence-corrected chi connectivity index (χ4v) is 1.81. The molecule has 0 spiro atoms. The van der Waals surface area contributed by atoms with E-state index in [1.807, 2.05) is 19.0 Å². The molecule has 0 aliphatic heterocycles. The Bertz CT molecular complexity index is 427. The van der Waals surface area contributed by atoms with E-state index in [0.717, 1.165) is 19.2 Å². The number of rotatable bonds is 8. The van der Waals surface area contributed by atoms with Gasteiger partial charge in [-0.15, -0.1) is 0 Å². The van der Waals surface area contributed by atoms with E-state index in [-0.39, 0.29) is 11.5 Å². The molecule has 1 heterocycles. The van der Waals surface area contributed by atoms with Crippen LogP contribution in [0, 0.1) is 5.82 Å². The smallest absolute Gasteiger partial charge is 0.257 e. The zero-order valence-corrected chi connectivity index (χ0v) is 12.3. The Morgan fingerprint density at radius 3 is 2.70 bits per heavy atom. The molecule has 1 aromatic rings. The lowest BCUT2D eigenvalue weighted by Gasteiger charge is -2.23. The highest BCUT2D eigenvalue weighted by atomic mass is 19.1. The molecule has 0 unspecified atom stereocenters. The third-order valence-corrected chi connectivity index (χ3v) is 2.89. The molecule has 1 aromatic heterocycles. The van der Waals surface area contributed by atoms with Gasteiger partial charge in [0.2, 0.25) is 0 Å². The van der Waals surface area contributed by atoms with Gasteiger partial charge in [-0.1, -0.05) is 0 Å². The van der Waals surface area contributed by atoms with Gasteiger partial charge in [0.05, 0.1) is 18.4 Å². The highest BCUT2D eigenvalue weighted by Crippen LogP contribution is 2.09. The first-order chi connectivity index (χ1) is 9.56. The van der Waals surface area contributed by atoms with Crippen LogP contribution in [0.15, 0.2) is 18.5 Å². The van der Waals surface area contributed by atoms with Gasteiger partial charge in [-0.05, 0) is 33.1 Å². The summed E-state index contributed by atoms with van der Waals surface area (Å²) in [6.07, 6.45) is 3.31. The Kier molecular flexibility index (Phi) is 7.11. The number of halogens is 1. The molecule has 0 radical (unpaired) electrons. The topological polar surface area (TPSA) is 45.7 Å². The predicted octanol–water partition coefficient (Wildman–Crippen LogP) is 1.26. The SMILES string of the molecule is COCCN(CCCN(C)C)C(=O)c1ccncc1F. The Morgan fingerprint density at radius 2 is 2.10 bits per heavy atom. The van der Waals surface area contributed by atoms with Gasteiger partial charge in [-0.25, -0.2) is 4.39 Å². The van der Waals surface area contributed by atoms with Crippen LogP contribution >= 0.6 is 0 Å². The number of nitrogens with zero attached hydrogens (tertiary/aromatic N) is 3. The highest BCUT2D eigenvalue weighted by molar-refractivity contribution is 5.94. The van der Waals surface area contributed by atoms with Crippen LogP contribution < -0.4 is 0 Å². The van der Waals surface area contributed by atoms with E-state index in [2.05, 4.69) is 4.98 Å². The molecule has 0 fully saturated rings. The molecule has 20 heavy (non-hydrogen) atoms. The fraction of sp³-hybridized carbons (Fsp3) is 0.571. The number of pyridine rings is 1. The van der Waals surface area contributed by atoms with Crippen molar-refractivity contribution in [2.75, 3.05) is 47.4 Å². The van der Waals surface area contributed by atoms with Gasteiger partial charge in [0, 0.05) is 26.4 Å². The summed E-state index contributed by atoms with van der Waals surface area (Å²) >= 11 is 0. The maximum atomic E-state index is 13.6. The monoisotopic (exact) mass is 283 g/mol. The van der Waals surface area contributed by atoms with Gasteiger partial charge in [0.1, 0.15) is 0 Å². The zero-order valence-electron chi connectivity index (χ0n) is 12.3. The second-order valence-electron chi connectivity index (χ2n) is 4.80. The average molecular weight is 283 g/mol. The van der Waals surface area contributed by atoms with Crippen LogP contribution in [0.4, 0.5) is 4.39 Å². The lowest BCUT2D eigenvalue weighted by Crippen LogP contribution is -2.36. The number of carbonyl (C=O) groups is 1. The molecule has 112 valence electrons. The molecule has 0 saturated carbocycles. The largest absolute Gasteiger partial charge is 0.383 e. The van der Waals surface area contributed by atoms with E-state index >= 15 is 0 Å². The normalized spacial score (nSPS) is 10.8. The molecule has 0 atom stereocenters. The Balaban J connectivity index is 2.71. The Labute approximate surface area is 119 Å². The summed E-state index contributed by atoms with van der Waals surface area (Å²) < 4.78 is 18.6. The summed E-state index contributed by atoms with van der Waals surface area (Å²) in [7, 11) is 5.53. The van der Waals surface area contributed by atoms with Crippen molar-refractivity contribution in [2.45, 2.75) is 6.42 Å².